The van der Waals surface area contributed by atoms with Crippen LogP contribution >= 0.6 is 0 Å². The smallest absolute Gasteiger partial charge is 0.309 e. The molecule has 3 N–H and O–H groups in total. The Hall–Kier alpha value is -1.88. The van der Waals surface area contributed by atoms with Crippen molar-refractivity contribution in [2.75, 3.05) is 19.8 Å². The van der Waals surface area contributed by atoms with Crippen molar-refractivity contribution in [2.24, 2.45) is 5.73 Å². The quantitative estimate of drug-likeness (QED) is 0.770. The van der Waals surface area contributed by atoms with Crippen molar-refractivity contribution >= 4 is 11.8 Å². The maximum atomic E-state index is 11.3. The van der Waals surface area contributed by atoms with Gasteiger partial charge in [0.2, 0.25) is 0 Å². The van der Waals surface area contributed by atoms with Gasteiger partial charge >= 0.3 is 11.8 Å². The first-order valence-electron chi connectivity index (χ1n) is 6.35. The lowest BCUT2D eigenvalue weighted by Gasteiger charge is -2.37. The van der Waals surface area contributed by atoms with Crippen LogP contribution in [0, 0.1) is 0 Å². The van der Waals surface area contributed by atoms with Gasteiger partial charge in [0.15, 0.2) is 0 Å². The van der Waals surface area contributed by atoms with Gasteiger partial charge in [-0.1, -0.05) is 30.3 Å². The maximum absolute atomic E-state index is 11.3. The van der Waals surface area contributed by atoms with Gasteiger partial charge in [0, 0.05) is 25.2 Å². The molecule has 1 aliphatic rings. The van der Waals surface area contributed by atoms with Crippen molar-refractivity contribution < 1.29 is 14.3 Å². The van der Waals surface area contributed by atoms with Crippen LogP contribution in [0.3, 0.4) is 0 Å². The van der Waals surface area contributed by atoms with E-state index in [9.17, 15) is 9.59 Å². The summed E-state index contributed by atoms with van der Waals surface area (Å²) in [4.78, 5) is 22.1. The number of primary amides is 1. The Kier molecular flexibility index (Phi) is 4.16. The summed E-state index contributed by atoms with van der Waals surface area (Å²) in [6, 6.07) is 9.99. The zero-order chi connectivity index (χ0) is 13.7. The van der Waals surface area contributed by atoms with E-state index in [2.05, 4.69) is 5.32 Å². The minimum atomic E-state index is -0.949. The first-order valence-corrected chi connectivity index (χ1v) is 6.35. The highest BCUT2D eigenvalue weighted by Gasteiger charge is 2.35. The van der Waals surface area contributed by atoms with Gasteiger partial charge in [0.25, 0.3) is 0 Å². The number of nitrogens with one attached hydrogen (secondary N) is 1. The van der Waals surface area contributed by atoms with Gasteiger partial charge in [-0.15, -0.1) is 0 Å². The second-order valence-corrected chi connectivity index (χ2v) is 4.81. The van der Waals surface area contributed by atoms with Gasteiger partial charge in [0.1, 0.15) is 0 Å². The SMILES string of the molecule is NC(=O)C(=O)NCC1(c2ccccc2)CCOCC1. The number of nitrogens with two attached hydrogens (primary N) is 1. The lowest BCUT2D eigenvalue weighted by Crippen LogP contribution is -2.47. The third-order valence-electron chi connectivity index (χ3n) is 3.65. The number of carbonyl (C=O) groups excluding carboxylic acids is 2. The van der Waals surface area contributed by atoms with Gasteiger partial charge in [-0.05, 0) is 18.4 Å². The fraction of sp³-hybridized carbons (Fsp3) is 0.429. The summed E-state index contributed by atoms with van der Waals surface area (Å²) in [5.41, 5.74) is 5.94. The van der Waals surface area contributed by atoms with Crippen molar-refractivity contribution in [3.8, 4) is 0 Å². The molecule has 19 heavy (non-hydrogen) atoms. The summed E-state index contributed by atoms with van der Waals surface area (Å²) in [6.07, 6.45) is 1.63. The molecule has 5 heteroatoms. The normalized spacial score (nSPS) is 17.7. The molecule has 102 valence electrons. The van der Waals surface area contributed by atoms with Crippen LogP contribution in [0.2, 0.25) is 0 Å². The Labute approximate surface area is 112 Å². The first-order chi connectivity index (χ1) is 9.14. The van der Waals surface area contributed by atoms with Gasteiger partial charge in [-0.3, -0.25) is 9.59 Å². The standard InChI is InChI=1S/C14H18N2O3/c15-12(17)13(18)16-10-14(6-8-19-9-7-14)11-4-2-1-3-5-11/h1-5H,6-10H2,(H2,15,17)(H,16,18). The van der Waals surface area contributed by atoms with Crippen molar-refractivity contribution in [3.63, 3.8) is 0 Å². The predicted molar refractivity (Wildman–Crippen MR) is 70.4 cm³/mol. The molecule has 0 saturated carbocycles. The maximum Gasteiger partial charge on any atom is 0.309 e. The molecular formula is C14H18N2O3. The Morgan fingerprint density at radius 1 is 1.21 bits per heavy atom. The van der Waals surface area contributed by atoms with Crippen LogP contribution in [0.5, 0.6) is 0 Å². The predicted octanol–water partition coefficient (Wildman–Crippen LogP) is 0.336. The average Bonchev–Trinajstić information content (AvgIpc) is 2.46. The van der Waals surface area contributed by atoms with Crippen molar-refractivity contribution in [1.29, 1.82) is 0 Å². The van der Waals surface area contributed by atoms with Gasteiger partial charge in [0.05, 0.1) is 0 Å². The van der Waals surface area contributed by atoms with E-state index in [1.165, 1.54) is 0 Å². The molecule has 1 aromatic rings. The van der Waals surface area contributed by atoms with Crippen molar-refractivity contribution in [1.82, 2.24) is 5.32 Å². The van der Waals surface area contributed by atoms with Crippen LogP contribution < -0.4 is 11.1 Å². The average molecular weight is 262 g/mol. The molecule has 1 heterocycles. The van der Waals surface area contributed by atoms with E-state index in [0.717, 1.165) is 18.4 Å². The van der Waals surface area contributed by atoms with Gasteiger partial charge in [-0.2, -0.15) is 0 Å². The summed E-state index contributed by atoms with van der Waals surface area (Å²) in [5, 5.41) is 2.62. The molecule has 0 radical (unpaired) electrons. The minimum absolute atomic E-state index is 0.176. The third-order valence-corrected chi connectivity index (χ3v) is 3.65. The minimum Gasteiger partial charge on any atom is -0.381 e. The van der Waals surface area contributed by atoms with Crippen molar-refractivity contribution in [3.05, 3.63) is 35.9 Å². The second kappa shape index (κ2) is 5.84. The first kappa shape index (κ1) is 13.5. The summed E-state index contributed by atoms with van der Waals surface area (Å²) < 4.78 is 5.40. The monoisotopic (exact) mass is 262 g/mol. The molecule has 2 amide bonds. The van der Waals surface area contributed by atoms with E-state index in [-0.39, 0.29) is 5.41 Å². The van der Waals surface area contributed by atoms with Crippen LogP contribution in [-0.4, -0.2) is 31.6 Å². The highest BCUT2D eigenvalue weighted by Crippen LogP contribution is 2.34. The summed E-state index contributed by atoms with van der Waals surface area (Å²) in [5.74, 6) is -1.68. The molecule has 2 rings (SSSR count). The lowest BCUT2D eigenvalue weighted by molar-refractivity contribution is -0.137. The zero-order valence-corrected chi connectivity index (χ0v) is 10.7. The molecule has 0 aromatic heterocycles. The fourth-order valence-electron chi connectivity index (χ4n) is 2.46. The van der Waals surface area contributed by atoms with Crippen molar-refractivity contribution in [2.45, 2.75) is 18.3 Å². The van der Waals surface area contributed by atoms with Gasteiger partial charge in [-0.25, -0.2) is 0 Å². The molecule has 0 spiro atoms. The van der Waals surface area contributed by atoms with E-state index in [0.29, 0.717) is 19.8 Å². The molecule has 1 saturated heterocycles. The fourth-order valence-corrected chi connectivity index (χ4v) is 2.46. The number of rotatable bonds is 3. The zero-order valence-electron chi connectivity index (χ0n) is 10.7. The number of ether oxygens (including phenoxy) is 1. The number of benzene rings is 1. The van der Waals surface area contributed by atoms with Gasteiger partial charge < -0.3 is 15.8 Å². The third kappa shape index (κ3) is 3.12. The Balaban J connectivity index is 2.16. The molecular weight excluding hydrogens is 244 g/mol. The topological polar surface area (TPSA) is 81.4 Å². The summed E-state index contributed by atoms with van der Waals surface area (Å²) in [7, 11) is 0. The van der Waals surface area contributed by atoms with E-state index in [1.807, 2.05) is 30.3 Å². The summed E-state index contributed by atoms with van der Waals surface area (Å²) in [6.45, 7) is 1.71. The van der Waals surface area contributed by atoms with Crippen LogP contribution in [0.25, 0.3) is 0 Å². The van der Waals surface area contributed by atoms with E-state index in [1.54, 1.807) is 0 Å². The Morgan fingerprint density at radius 2 is 1.84 bits per heavy atom. The van der Waals surface area contributed by atoms with E-state index in [4.69, 9.17) is 10.5 Å². The van der Waals surface area contributed by atoms with Crippen LogP contribution in [0.1, 0.15) is 18.4 Å². The van der Waals surface area contributed by atoms with Crippen LogP contribution in [0.15, 0.2) is 30.3 Å². The largest absolute Gasteiger partial charge is 0.381 e. The lowest BCUT2D eigenvalue weighted by atomic mass is 9.74. The molecule has 1 aromatic carbocycles. The molecule has 0 unspecified atom stereocenters. The van der Waals surface area contributed by atoms with E-state index >= 15 is 0 Å². The van der Waals surface area contributed by atoms with E-state index < -0.39 is 11.8 Å². The molecule has 5 nitrogen and oxygen atoms in total. The highest BCUT2D eigenvalue weighted by molar-refractivity contribution is 6.34. The molecule has 0 bridgehead atoms. The number of hydrogen-bond acceptors (Lipinski definition) is 3. The molecule has 0 aliphatic carbocycles. The molecule has 1 fully saturated rings. The second-order valence-electron chi connectivity index (χ2n) is 4.81. The Morgan fingerprint density at radius 3 is 2.42 bits per heavy atom. The Bertz CT molecular complexity index is 453. The molecule has 0 atom stereocenters. The van der Waals surface area contributed by atoms with Crippen LogP contribution in [0.4, 0.5) is 0 Å². The van der Waals surface area contributed by atoms with Crippen LogP contribution in [-0.2, 0) is 19.7 Å². The number of amides is 2. The molecule has 1 aliphatic heterocycles. The highest BCUT2D eigenvalue weighted by atomic mass is 16.5. The number of carbonyl (C=O) groups is 2. The number of hydrogen-bond donors (Lipinski definition) is 2. The summed E-state index contributed by atoms with van der Waals surface area (Å²) >= 11 is 0.